The molecule has 34 heavy (non-hydrogen) atoms. The number of aromatic hydroxyl groups is 1. The molecule has 174 valence electrons. The number of methoxy groups -OCH3 is 2. The average molecular weight is 460 g/mol. The number of carbonyl (C=O) groups is 1. The zero-order valence-corrected chi connectivity index (χ0v) is 19.4. The van der Waals surface area contributed by atoms with Gasteiger partial charge in [0.05, 0.1) is 14.2 Å². The van der Waals surface area contributed by atoms with Gasteiger partial charge in [-0.15, -0.1) is 0 Å². The predicted octanol–water partition coefficient (Wildman–Crippen LogP) is 5.86. The van der Waals surface area contributed by atoms with E-state index in [0.717, 1.165) is 39.1 Å². The fourth-order valence-electron chi connectivity index (χ4n) is 4.30. The Morgan fingerprint density at radius 2 is 1.79 bits per heavy atom. The van der Waals surface area contributed by atoms with Crippen LogP contribution >= 0.6 is 0 Å². The number of allylic oxidation sites excluding steroid dienone is 3. The first-order valence-electron chi connectivity index (χ1n) is 11.0. The SMILES string of the molecule is COc1cc(/C=C2/C(C)=C(CCC(=O)Cc3ccccn3)c3cc(F)ccc32)cc(OC)c1O. The Labute approximate surface area is 198 Å². The highest BCUT2D eigenvalue weighted by atomic mass is 19.1. The van der Waals surface area contributed by atoms with Gasteiger partial charge in [0.25, 0.3) is 0 Å². The van der Waals surface area contributed by atoms with Crippen molar-refractivity contribution in [2.75, 3.05) is 14.2 Å². The monoisotopic (exact) mass is 459 g/mol. The summed E-state index contributed by atoms with van der Waals surface area (Å²) in [4.78, 5) is 16.8. The molecule has 5 nitrogen and oxygen atoms in total. The van der Waals surface area contributed by atoms with Crippen molar-refractivity contribution in [1.29, 1.82) is 0 Å². The normalized spacial score (nSPS) is 13.8. The van der Waals surface area contributed by atoms with Gasteiger partial charge in [0.2, 0.25) is 5.75 Å². The van der Waals surface area contributed by atoms with Crippen LogP contribution in [0, 0.1) is 5.82 Å². The van der Waals surface area contributed by atoms with Crippen molar-refractivity contribution in [2.24, 2.45) is 0 Å². The number of phenols is 1. The summed E-state index contributed by atoms with van der Waals surface area (Å²) in [5.74, 6) is 0.289. The van der Waals surface area contributed by atoms with Gasteiger partial charge in [0.1, 0.15) is 11.6 Å². The number of rotatable bonds is 8. The Morgan fingerprint density at radius 3 is 2.44 bits per heavy atom. The molecule has 2 aromatic carbocycles. The summed E-state index contributed by atoms with van der Waals surface area (Å²) in [5.41, 5.74) is 6.07. The number of carbonyl (C=O) groups excluding carboxylic acids is 1. The Balaban J connectivity index is 1.67. The highest BCUT2D eigenvalue weighted by molar-refractivity contribution is 6.05. The summed E-state index contributed by atoms with van der Waals surface area (Å²) in [7, 11) is 2.95. The number of ether oxygens (including phenoxy) is 2. The number of Topliss-reactive ketones (excluding diaryl/α,β-unsaturated/α-hetero) is 1. The van der Waals surface area contributed by atoms with Gasteiger partial charge in [-0.2, -0.15) is 0 Å². The predicted molar refractivity (Wildman–Crippen MR) is 130 cm³/mol. The summed E-state index contributed by atoms with van der Waals surface area (Å²) in [6, 6.07) is 13.7. The third-order valence-electron chi connectivity index (χ3n) is 6.02. The Kier molecular flexibility index (Phi) is 6.77. The molecule has 0 spiro atoms. The number of pyridine rings is 1. The van der Waals surface area contributed by atoms with Crippen LogP contribution in [0.25, 0.3) is 17.2 Å². The van der Waals surface area contributed by atoms with Gasteiger partial charge < -0.3 is 14.6 Å². The molecule has 1 N–H and O–H groups in total. The molecule has 0 fully saturated rings. The van der Waals surface area contributed by atoms with E-state index in [1.807, 2.05) is 31.2 Å². The molecule has 1 aromatic heterocycles. The topological polar surface area (TPSA) is 68.7 Å². The molecule has 6 heteroatoms. The van der Waals surface area contributed by atoms with Gasteiger partial charge in [-0.3, -0.25) is 9.78 Å². The quantitative estimate of drug-likeness (QED) is 0.457. The third kappa shape index (κ3) is 4.71. The fourth-order valence-corrected chi connectivity index (χ4v) is 4.30. The molecule has 4 rings (SSSR count). The lowest BCUT2D eigenvalue weighted by molar-refractivity contribution is -0.118. The van der Waals surface area contributed by atoms with Crippen LogP contribution in [0.5, 0.6) is 17.2 Å². The van der Waals surface area contributed by atoms with Crippen molar-refractivity contribution in [1.82, 2.24) is 4.98 Å². The van der Waals surface area contributed by atoms with Crippen LogP contribution < -0.4 is 9.47 Å². The molecule has 1 aliphatic carbocycles. The maximum atomic E-state index is 14.2. The fraction of sp³-hybridized carbons (Fsp3) is 0.214. The van der Waals surface area contributed by atoms with E-state index < -0.39 is 0 Å². The second-order valence-electron chi connectivity index (χ2n) is 8.16. The molecule has 0 unspecified atom stereocenters. The lowest BCUT2D eigenvalue weighted by Gasteiger charge is -2.11. The largest absolute Gasteiger partial charge is 0.502 e. The van der Waals surface area contributed by atoms with Crippen LogP contribution in [0.3, 0.4) is 0 Å². The third-order valence-corrected chi connectivity index (χ3v) is 6.02. The summed E-state index contributed by atoms with van der Waals surface area (Å²) in [5, 5.41) is 10.2. The summed E-state index contributed by atoms with van der Waals surface area (Å²) in [6.07, 6.45) is 4.76. The summed E-state index contributed by atoms with van der Waals surface area (Å²) in [6.45, 7) is 1.98. The smallest absolute Gasteiger partial charge is 0.200 e. The molecule has 1 aliphatic rings. The number of nitrogens with zero attached hydrogens (tertiary/aromatic N) is 1. The van der Waals surface area contributed by atoms with Crippen molar-refractivity contribution in [3.63, 3.8) is 0 Å². The van der Waals surface area contributed by atoms with E-state index in [4.69, 9.17) is 9.47 Å². The number of ketones is 1. The van der Waals surface area contributed by atoms with E-state index in [2.05, 4.69) is 4.98 Å². The van der Waals surface area contributed by atoms with Gasteiger partial charge in [0, 0.05) is 24.7 Å². The van der Waals surface area contributed by atoms with Gasteiger partial charge in [-0.1, -0.05) is 12.1 Å². The van der Waals surface area contributed by atoms with Crippen molar-refractivity contribution >= 4 is 23.0 Å². The van der Waals surface area contributed by atoms with Crippen LogP contribution in [0.1, 0.15) is 42.1 Å². The van der Waals surface area contributed by atoms with Gasteiger partial charge >= 0.3 is 0 Å². The van der Waals surface area contributed by atoms with Gasteiger partial charge in [-0.25, -0.2) is 4.39 Å². The Hall–Kier alpha value is -3.93. The van der Waals surface area contributed by atoms with E-state index in [1.165, 1.54) is 26.4 Å². The van der Waals surface area contributed by atoms with Crippen molar-refractivity contribution in [3.05, 3.63) is 88.5 Å². The summed E-state index contributed by atoms with van der Waals surface area (Å²) >= 11 is 0. The Morgan fingerprint density at radius 1 is 1.06 bits per heavy atom. The number of benzene rings is 2. The van der Waals surface area contributed by atoms with Crippen molar-refractivity contribution < 1.29 is 23.8 Å². The van der Waals surface area contributed by atoms with Crippen LogP contribution in [0.15, 0.2) is 60.3 Å². The van der Waals surface area contributed by atoms with Crippen LogP contribution in [0.2, 0.25) is 0 Å². The van der Waals surface area contributed by atoms with E-state index in [1.54, 1.807) is 24.4 Å². The minimum Gasteiger partial charge on any atom is -0.502 e. The van der Waals surface area contributed by atoms with Crippen molar-refractivity contribution in [3.8, 4) is 17.2 Å². The molecular formula is C28H26FNO4. The summed E-state index contributed by atoms with van der Waals surface area (Å²) < 4.78 is 24.7. The molecule has 0 atom stereocenters. The molecule has 0 saturated carbocycles. The second kappa shape index (κ2) is 9.91. The standard InChI is InChI=1S/C28H26FNO4/c1-17-22(10-8-21(31)16-20-6-4-5-11-30-20)25-15-19(29)7-9-23(25)24(17)12-18-13-26(33-2)28(32)27(14-18)34-3/h4-7,9,11-15,32H,8,10,16H2,1-3H3/b24-12-. The lowest BCUT2D eigenvalue weighted by Crippen LogP contribution is -2.04. The minimum absolute atomic E-state index is 0.0691. The zero-order chi connectivity index (χ0) is 24.2. The molecule has 0 saturated heterocycles. The first-order chi connectivity index (χ1) is 16.4. The number of hydrogen-bond acceptors (Lipinski definition) is 5. The van der Waals surface area contributed by atoms with Crippen LogP contribution in [0.4, 0.5) is 4.39 Å². The Bertz CT molecular complexity index is 1270. The van der Waals surface area contributed by atoms with Crippen LogP contribution in [-0.4, -0.2) is 30.1 Å². The minimum atomic E-state index is -0.321. The molecule has 0 radical (unpaired) electrons. The number of aromatic nitrogens is 1. The van der Waals surface area contributed by atoms with E-state index in [9.17, 15) is 14.3 Å². The van der Waals surface area contributed by atoms with E-state index >= 15 is 0 Å². The molecule has 3 aromatic rings. The highest BCUT2D eigenvalue weighted by Gasteiger charge is 2.25. The first kappa shape index (κ1) is 23.2. The molecule has 1 heterocycles. The maximum absolute atomic E-state index is 14.2. The number of fused-ring (bicyclic) bond motifs is 1. The molecular weight excluding hydrogens is 433 g/mol. The highest BCUT2D eigenvalue weighted by Crippen LogP contribution is 2.45. The molecule has 0 aliphatic heterocycles. The molecule has 0 amide bonds. The van der Waals surface area contributed by atoms with E-state index in [-0.39, 0.29) is 23.8 Å². The number of hydrogen-bond donors (Lipinski definition) is 1. The van der Waals surface area contributed by atoms with Gasteiger partial charge in [0.15, 0.2) is 11.5 Å². The lowest BCUT2D eigenvalue weighted by atomic mass is 9.98. The van der Waals surface area contributed by atoms with Crippen LogP contribution in [-0.2, 0) is 11.2 Å². The average Bonchev–Trinajstić information content (AvgIpc) is 3.09. The number of phenolic OH excluding ortho intramolecular Hbond substituents is 1. The van der Waals surface area contributed by atoms with E-state index in [0.29, 0.717) is 24.3 Å². The van der Waals surface area contributed by atoms with Crippen molar-refractivity contribution in [2.45, 2.75) is 26.2 Å². The maximum Gasteiger partial charge on any atom is 0.200 e. The van der Waals surface area contributed by atoms with Gasteiger partial charge in [-0.05, 0) is 89.2 Å². The first-order valence-corrected chi connectivity index (χ1v) is 11.0. The zero-order valence-electron chi connectivity index (χ0n) is 19.4. The molecule has 0 bridgehead atoms. The number of halogens is 1. The second-order valence-corrected chi connectivity index (χ2v) is 8.16.